The monoisotopic (exact) mass is 276 g/mol. The second kappa shape index (κ2) is 5.37. The van der Waals surface area contributed by atoms with Crippen LogP contribution >= 0.6 is 11.6 Å². The standard InChI is InChI=1S/C10H13ClN2O3S/c1-7-3-4-9(12-8(2)14)5-10(7)13-17(15,16)6-11/h3-5,13H,6H2,1-2H3,(H,12,14). The highest BCUT2D eigenvalue weighted by atomic mass is 35.5. The van der Waals surface area contributed by atoms with Gasteiger partial charge in [0.05, 0.1) is 5.69 Å². The summed E-state index contributed by atoms with van der Waals surface area (Å²) in [7, 11) is -3.54. The topological polar surface area (TPSA) is 75.3 Å². The predicted octanol–water partition coefficient (Wildman–Crippen LogP) is 1.89. The summed E-state index contributed by atoms with van der Waals surface area (Å²) in [4.78, 5) is 10.9. The zero-order valence-corrected chi connectivity index (χ0v) is 11.0. The Balaban J connectivity index is 3.03. The molecule has 7 heteroatoms. The summed E-state index contributed by atoms with van der Waals surface area (Å²) in [5, 5.41) is 2.05. The fraction of sp³-hybridized carbons (Fsp3) is 0.300. The van der Waals surface area contributed by atoms with Gasteiger partial charge in [0.2, 0.25) is 15.9 Å². The summed E-state index contributed by atoms with van der Waals surface area (Å²) in [6.45, 7) is 3.13. The largest absolute Gasteiger partial charge is 0.326 e. The quantitative estimate of drug-likeness (QED) is 0.825. The van der Waals surface area contributed by atoms with E-state index in [0.717, 1.165) is 5.56 Å². The van der Waals surface area contributed by atoms with Crippen molar-refractivity contribution in [2.24, 2.45) is 0 Å². The first-order valence-electron chi connectivity index (χ1n) is 4.79. The molecule has 17 heavy (non-hydrogen) atoms. The molecule has 0 unspecified atom stereocenters. The minimum absolute atomic E-state index is 0.222. The van der Waals surface area contributed by atoms with Gasteiger partial charge in [0, 0.05) is 12.6 Å². The number of carbonyl (C=O) groups excluding carboxylic acids is 1. The molecule has 0 heterocycles. The molecule has 0 atom stereocenters. The molecule has 0 aliphatic carbocycles. The Hall–Kier alpha value is -1.27. The second-order valence-corrected chi connectivity index (χ2v) is 5.84. The first kappa shape index (κ1) is 13.8. The van der Waals surface area contributed by atoms with E-state index in [0.29, 0.717) is 11.4 Å². The number of halogens is 1. The van der Waals surface area contributed by atoms with Gasteiger partial charge in [0.15, 0.2) is 0 Å². The molecule has 0 aliphatic rings. The summed E-state index contributed by atoms with van der Waals surface area (Å²) in [6.07, 6.45) is 0. The molecule has 5 nitrogen and oxygen atoms in total. The van der Waals surface area contributed by atoms with E-state index in [9.17, 15) is 13.2 Å². The number of alkyl halides is 1. The van der Waals surface area contributed by atoms with Gasteiger partial charge in [-0.2, -0.15) is 0 Å². The van der Waals surface area contributed by atoms with E-state index in [4.69, 9.17) is 11.6 Å². The summed E-state index contributed by atoms with van der Waals surface area (Å²) in [5.41, 5.74) is 1.67. The molecule has 0 radical (unpaired) electrons. The first-order valence-corrected chi connectivity index (χ1v) is 6.97. The highest BCUT2D eigenvalue weighted by Crippen LogP contribution is 2.21. The molecule has 0 saturated heterocycles. The minimum Gasteiger partial charge on any atom is -0.326 e. The molecule has 0 bridgehead atoms. The molecule has 0 aromatic heterocycles. The molecule has 1 aromatic carbocycles. The molecule has 1 amide bonds. The maximum atomic E-state index is 11.3. The molecule has 0 fully saturated rings. The average Bonchev–Trinajstić information content (AvgIpc) is 2.22. The van der Waals surface area contributed by atoms with Crippen molar-refractivity contribution in [2.45, 2.75) is 13.8 Å². The molecule has 94 valence electrons. The zero-order valence-electron chi connectivity index (χ0n) is 9.45. The lowest BCUT2D eigenvalue weighted by atomic mass is 10.2. The fourth-order valence-electron chi connectivity index (χ4n) is 1.21. The van der Waals surface area contributed by atoms with Crippen LogP contribution in [0, 0.1) is 6.92 Å². The van der Waals surface area contributed by atoms with Gasteiger partial charge in [0.1, 0.15) is 5.21 Å². The SMILES string of the molecule is CC(=O)Nc1ccc(C)c(NS(=O)(=O)CCl)c1. The average molecular weight is 277 g/mol. The van der Waals surface area contributed by atoms with Crippen LogP contribution in [0.2, 0.25) is 0 Å². The first-order chi connectivity index (χ1) is 7.84. The van der Waals surface area contributed by atoms with Crippen molar-refractivity contribution in [1.82, 2.24) is 0 Å². The Morgan fingerprint density at radius 1 is 1.41 bits per heavy atom. The number of anilines is 2. The van der Waals surface area contributed by atoms with Crippen molar-refractivity contribution in [2.75, 3.05) is 15.3 Å². The summed E-state index contributed by atoms with van der Waals surface area (Å²) >= 11 is 5.30. The van der Waals surface area contributed by atoms with E-state index in [1.807, 2.05) is 0 Å². The second-order valence-electron chi connectivity index (χ2n) is 3.54. The van der Waals surface area contributed by atoms with E-state index >= 15 is 0 Å². The zero-order chi connectivity index (χ0) is 13.1. The van der Waals surface area contributed by atoms with Crippen molar-refractivity contribution in [3.63, 3.8) is 0 Å². The van der Waals surface area contributed by atoms with Crippen LogP contribution in [0.4, 0.5) is 11.4 Å². The van der Waals surface area contributed by atoms with E-state index in [1.165, 1.54) is 6.92 Å². The molecular formula is C10H13ClN2O3S. The lowest BCUT2D eigenvalue weighted by molar-refractivity contribution is -0.114. The third-order valence-corrected chi connectivity index (χ3v) is 3.65. The van der Waals surface area contributed by atoms with Crippen LogP contribution < -0.4 is 10.0 Å². The van der Waals surface area contributed by atoms with E-state index in [-0.39, 0.29) is 5.91 Å². The van der Waals surface area contributed by atoms with Crippen molar-refractivity contribution < 1.29 is 13.2 Å². The molecule has 0 saturated carbocycles. The summed E-state index contributed by atoms with van der Waals surface area (Å²) < 4.78 is 25.0. The summed E-state index contributed by atoms with van der Waals surface area (Å²) in [6, 6.07) is 4.94. The van der Waals surface area contributed by atoms with Gasteiger partial charge in [-0.25, -0.2) is 8.42 Å². The van der Waals surface area contributed by atoms with Crippen LogP contribution in [-0.4, -0.2) is 19.5 Å². The van der Waals surface area contributed by atoms with Crippen molar-refractivity contribution in [1.29, 1.82) is 0 Å². The van der Waals surface area contributed by atoms with Crippen molar-refractivity contribution >= 4 is 38.9 Å². The number of nitrogens with one attached hydrogen (secondary N) is 2. The van der Waals surface area contributed by atoms with Crippen LogP contribution in [-0.2, 0) is 14.8 Å². The number of aryl methyl sites for hydroxylation is 1. The number of hydrogen-bond acceptors (Lipinski definition) is 3. The lowest BCUT2D eigenvalue weighted by Crippen LogP contribution is -2.14. The Labute approximate surface area is 105 Å². The molecule has 1 rings (SSSR count). The van der Waals surface area contributed by atoms with Crippen LogP contribution in [0.15, 0.2) is 18.2 Å². The van der Waals surface area contributed by atoms with E-state index < -0.39 is 15.2 Å². The number of hydrogen-bond donors (Lipinski definition) is 2. The van der Waals surface area contributed by atoms with Gasteiger partial charge in [0.25, 0.3) is 0 Å². The predicted molar refractivity (Wildman–Crippen MR) is 68.7 cm³/mol. The van der Waals surface area contributed by atoms with Crippen LogP contribution in [0.25, 0.3) is 0 Å². The Morgan fingerprint density at radius 3 is 2.59 bits per heavy atom. The maximum absolute atomic E-state index is 11.3. The van der Waals surface area contributed by atoms with Crippen LogP contribution in [0.1, 0.15) is 12.5 Å². The van der Waals surface area contributed by atoms with Gasteiger partial charge >= 0.3 is 0 Å². The van der Waals surface area contributed by atoms with Crippen LogP contribution in [0.5, 0.6) is 0 Å². The van der Waals surface area contributed by atoms with E-state index in [1.54, 1.807) is 25.1 Å². The van der Waals surface area contributed by atoms with Crippen LogP contribution in [0.3, 0.4) is 0 Å². The molecule has 0 aliphatic heterocycles. The lowest BCUT2D eigenvalue weighted by Gasteiger charge is -2.11. The van der Waals surface area contributed by atoms with Gasteiger partial charge in [-0.05, 0) is 24.6 Å². The summed E-state index contributed by atoms with van der Waals surface area (Å²) in [5.74, 6) is -0.222. The number of rotatable bonds is 4. The molecule has 2 N–H and O–H groups in total. The van der Waals surface area contributed by atoms with Gasteiger partial charge in [-0.3, -0.25) is 9.52 Å². The number of carbonyl (C=O) groups is 1. The highest BCUT2D eigenvalue weighted by molar-refractivity contribution is 7.93. The Morgan fingerprint density at radius 2 is 2.06 bits per heavy atom. The molecule has 0 spiro atoms. The van der Waals surface area contributed by atoms with Crippen molar-refractivity contribution in [3.05, 3.63) is 23.8 Å². The number of benzene rings is 1. The maximum Gasteiger partial charge on any atom is 0.246 e. The smallest absolute Gasteiger partial charge is 0.246 e. The Bertz CT molecular complexity index is 528. The third-order valence-electron chi connectivity index (χ3n) is 1.97. The van der Waals surface area contributed by atoms with Gasteiger partial charge < -0.3 is 5.32 Å². The minimum atomic E-state index is -3.54. The number of sulfonamides is 1. The highest BCUT2D eigenvalue weighted by Gasteiger charge is 2.10. The van der Waals surface area contributed by atoms with Crippen molar-refractivity contribution in [3.8, 4) is 0 Å². The fourth-order valence-corrected chi connectivity index (χ4v) is 1.98. The normalized spacial score (nSPS) is 11.0. The van der Waals surface area contributed by atoms with Gasteiger partial charge in [-0.1, -0.05) is 6.07 Å². The molecular weight excluding hydrogens is 264 g/mol. The molecule has 1 aromatic rings. The Kier molecular flexibility index (Phi) is 4.36. The number of amides is 1. The third kappa shape index (κ3) is 4.24. The van der Waals surface area contributed by atoms with Gasteiger partial charge in [-0.15, -0.1) is 11.6 Å². The van der Waals surface area contributed by atoms with E-state index in [2.05, 4.69) is 10.0 Å².